The van der Waals surface area contributed by atoms with Gasteiger partial charge in [-0.3, -0.25) is 4.79 Å². The van der Waals surface area contributed by atoms with E-state index < -0.39 is 0 Å². The molecule has 3 heteroatoms. The molecule has 1 aromatic rings. The Labute approximate surface area is 82.2 Å². The number of hydrogen-bond acceptors (Lipinski definition) is 1. The molecule has 0 fully saturated rings. The minimum absolute atomic E-state index is 0.198. The van der Waals surface area contributed by atoms with Gasteiger partial charge in [-0.25, -0.2) is 0 Å². The number of carbonyl (C=O) groups is 1. The van der Waals surface area contributed by atoms with Crippen molar-refractivity contribution in [2.24, 2.45) is 0 Å². The van der Waals surface area contributed by atoms with Crippen molar-refractivity contribution in [3.63, 3.8) is 0 Å². The Morgan fingerprint density at radius 2 is 2.00 bits per heavy atom. The monoisotopic (exact) mass is 195 g/mol. The molecule has 2 nitrogen and oxygen atoms in total. The maximum atomic E-state index is 11.2. The van der Waals surface area contributed by atoms with Crippen LogP contribution in [0.1, 0.15) is 6.92 Å². The molecule has 68 valence electrons. The normalized spacial score (nSPS) is 11.1. The van der Waals surface area contributed by atoms with E-state index in [1.807, 2.05) is 18.2 Å². The largest absolute Gasteiger partial charge is 0.321 e. The van der Waals surface area contributed by atoms with Gasteiger partial charge < -0.3 is 5.32 Å². The van der Waals surface area contributed by atoms with Crippen LogP contribution in [0.25, 0.3) is 0 Å². The molecule has 1 amide bonds. The summed E-state index contributed by atoms with van der Waals surface area (Å²) in [4.78, 5) is 11.2. The van der Waals surface area contributed by atoms with Gasteiger partial charge >= 0.3 is 0 Å². The summed E-state index contributed by atoms with van der Waals surface area (Å²) in [5.41, 5.74) is 0.743. The zero-order valence-corrected chi connectivity index (χ0v) is 8.01. The van der Waals surface area contributed by atoms with Gasteiger partial charge in [0.2, 0.25) is 0 Å². The zero-order valence-electron chi connectivity index (χ0n) is 7.25. The number of para-hydroxylation sites is 1. The Hall–Kier alpha value is -1.28. The molecule has 0 saturated heterocycles. The molecule has 0 aliphatic rings. The van der Waals surface area contributed by atoms with Crippen molar-refractivity contribution in [3.05, 3.63) is 41.4 Å². The van der Waals surface area contributed by atoms with Crippen LogP contribution in [-0.4, -0.2) is 5.91 Å². The highest BCUT2D eigenvalue weighted by Crippen LogP contribution is 2.09. The highest BCUT2D eigenvalue weighted by atomic mass is 35.5. The number of rotatable bonds is 2. The molecule has 0 atom stereocenters. The van der Waals surface area contributed by atoms with E-state index in [9.17, 15) is 4.79 Å². The van der Waals surface area contributed by atoms with Crippen LogP contribution >= 0.6 is 11.6 Å². The summed E-state index contributed by atoms with van der Waals surface area (Å²) in [6.07, 6.45) is 1.56. The van der Waals surface area contributed by atoms with Gasteiger partial charge in [-0.2, -0.15) is 0 Å². The maximum Gasteiger partial charge on any atom is 0.266 e. The molecule has 0 unspecified atom stereocenters. The summed E-state index contributed by atoms with van der Waals surface area (Å²) in [6.45, 7) is 1.72. The topological polar surface area (TPSA) is 29.1 Å². The predicted octanol–water partition coefficient (Wildman–Crippen LogP) is 2.77. The number of amides is 1. The quantitative estimate of drug-likeness (QED) is 0.723. The number of nitrogens with one attached hydrogen (secondary N) is 1. The van der Waals surface area contributed by atoms with Crippen LogP contribution < -0.4 is 5.32 Å². The molecule has 0 heterocycles. The van der Waals surface area contributed by atoms with Gasteiger partial charge in [-0.15, -0.1) is 0 Å². The van der Waals surface area contributed by atoms with E-state index in [2.05, 4.69) is 5.32 Å². The average Bonchev–Trinajstić information content (AvgIpc) is 2.18. The molecule has 13 heavy (non-hydrogen) atoms. The van der Waals surface area contributed by atoms with Crippen LogP contribution in [-0.2, 0) is 4.79 Å². The Bertz CT molecular complexity index is 319. The number of hydrogen-bond donors (Lipinski definition) is 1. The third-order valence-corrected chi connectivity index (χ3v) is 1.89. The summed E-state index contributed by atoms with van der Waals surface area (Å²) in [5, 5.41) is 2.85. The summed E-state index contributed by atoms with van der Waals surface area (Å²) >= 11 is 5.61. The highest BCUT2D eigenvalue weighted by Gasteiger charge is 2.04. The lowest BCUT2D eigenvalue weighted by Crippen LogP contribution is -2.10. The second-order valence-electron chi connectivity index (χ2n) is 2.46. The van der Waals surface area contributed by atoms with Crippen LogP contribution in [0.4, 0.5) is 5.69 Å². The second-order valence-corrected chi connectivity index (χ2v) is 2.86. The smallest absolute Gasteiger partial charge is 0.266 e. The number of benzene rings is 1. The van der Waals surface area contributed by atoms with Crippen LogP contribution in [0.2, 0.25) is 0 Å². The minimum atomic E-state index is -0.282. The summed E-state index contributed by atoms with van der Waals surface area (Å²) in [6, 6.07) is 9.18. The molecule has 0 aromatic heterocycles. The molecule has 0 spiro atoms. The van der Waals surface area contributed by atoms with Crippen molar-refractivity contribution < 1.29 is 4.79 Å². The standard InChI is InChI=1S/C10H10ClNO/c1-2-9(11)10(13)12-8-6-4-3-5-7-8/h2-7H,1H3,(H,12,13)/b9-2+. The van der Waals surface area contributed by atoms with E-state index in [4.69, 9.17) is 11.6 Å². The first-order valence-electron chi connectivity index (χ1n) is 3.92. The summed E-state index contributed by atoms with van der Waals surface area (Å²) in [7, 11) is 0. The van der Waals surface area contributed by atoms with Crippen LogP contribution in [0, 0.1) is 0 Å². The lowest BCUT2D eigenvalue weighted by molar-refractivity contribution is -0.112. The Morgan fingerprint density at radius 1 is 1.38 bits per heavy atom. The van der Waals surface area contributed by atoms with Gasteiger partial charge in [0.1, 0.15) is 5.03 Å². The van der Waals surface area contributed by atoms with Crippen LogP contribution in [0.15, 0.2) is 41.4 Å². The Kier molecular flexibility index (Phi) is 3.53. The highest BCUT2D eigenvalue weighted by molar-refractivity contribution is 6.43. The molecule has 0 radical (unpaired) electrons. The van der Waals surface area contributed by atoms with Crippen LogP contribution in [0.5, 0.6) is 0 Å². The zero-order chi connectivity index (χ0) is 9.68. The molecule has 1 rings (SSSR count). The molecule has 0 bridgehead atoms. The van der Waals surface area contributed by atoms with Gasteiger partial charge in [0, 0.05) is 5.69 Å². The van der Waals surface area contributed by atoms with Crippen molar-refractivity contribution in [2.45, 2.75) is 6.92 Å². The minimum Gasteiger partial charge on any atom is -0.321 e. The van der Waals surface area contributed by atoms with Crippen molar-refractivity contribution in [2.75, 3.05) is 5.32 Å². The fourth-order valence-corrected chi connectivity index (χ4v) is 0.891. The van der Waals surface area contributed by atoms with E-state index in [-0.39, 0.29) is 10.9 Å². The first-order valence-corrected chi connectivity index (χ1v) is 4.30. The molecular formula is C10H10ClNO. The van der Waals surface area contributed by atoms with Gasteiger partial charge in [0.25, 0.3) is 5.91 Å². The first kappa shape index (κ1) is 9.81. The first-order chi connectivity index (χ1) is 6.24. The summed E-state index contributed by atoms with van der Waals surface area (Å²) in [5.74, 6) is -0.282. The Morgan fingerprint density at radius 3 is 2.54 bits per heavy atom. The van der Waals surface area contributed by atoms with Crippen molar-refractivity contribution in [3.8, 4) is 0 Å². The fraction of sp³-hybridized carbons (Fsp3) is 0.100. The van der Waals surface area contributed by atoms with E-state index in [0.29, 0.717) is 0 Å². The third kappa shape index (κ3) is 2.92. The van der Waals surface area contributed by atoms with E-state index >= 15 is 0 Å². The lowest BCUT2D eigenvalue weighted by Gasteiger charge is -2.02. The number of halogens is 1. The fourth-order valence-electron chi connectivity index (χ4n) is 0.843. The molecular weight excluding hydrogens is 186 g/mol. The molecule has 1 aromatic carbocycles. The van der Waals surface area contributed by atoms with Gasteiger partial charge in [-0.05, 0) is 19.1 Å². The summed E-state index contributed by atoms with van der Waals surface area (Å²) < 4.78 is 0. The maximum absolute atomic E-state index is 11.2. The van der Waals surface area contributed by atoms with Crippen molar-refractivity contribution in [1.82, 2.24) is 0 Å². The molecule has 0 saturated carbocycles. The van der Waals surface area contributed by atoms with Gasteiger partial charge in [0.15, 0.2) is 0 Å². The van der Waals surface area contributed by atoms with Crippen molar-refractivity contribution in [1.29, 1.82) is 0 Å². The Balaban J connectivity index is 2.66. The number of anilines is 1. The van der Waals surface area contributed by atoms with E-state index in [1.54, 1.807) is 25.1 Å². The lowest BCUT2D eigenvalue weighted by atomic mass is 10.3. The molecule has 0 aliphatic carbocycles. The van der Waals surface area contributed by atoms with E-state index in [0.717, 1.165) is 5.69 Å². The van der Waals surface area contributed by atoms with E-state index in [1.165, 1.54) is 0 Å². The third-order valence-electron chi connectivity index (χ3n) is 1.50. The van der Waals surface area contributed by atoms with Gasteiger partial charge in [0.05, 0.1) is 0 Å². The SMILES string of the molecule is C/C=C(/Cl)C(=O)Nc1ccccc1. The molecule has 0 aliphatic heterocycles. The average molecular weight is 196 g/mol. The molecule has 1 N–H and O–H groups in total. The predicted molar refractivity (Wildman–Crippen MR) is 54.7 cm³/mol. The number of carbonyl (C=O) groups excluding carboxylic acids is 1. The van der Waals surface area contributed by atoms with Crippen molar-refractivity contribution >= 4 is 23.2 Å². The second kappa shape index (κ2) is 4.67. The number of allylic oxidation sites excluding steroid dienone is 1. The van der Waals surface area contributed by atoms with Gasteiger partial charge in [-0.1, -0.05) is 35.9 Å². The van der Waals surface area contributed by atoms with Crippen LogP contribution in [0.3, 0.4) is 0 Å².